The molecule has 4 rings (SSSR count). The summed E-state index contributed by atoms with van der Waals surface area (Å²) < 4.78 is 28.5. The minimum Gasteiger partial charge on any atom is -0.335 e. The fourth-order valence-corrected chi connectivity index (χ4v) is 5.36. The largest absolute Gasteiger partial charge is 0.335 e. The molecule has 1 fully saturated rings. The van der Waals surface area contributed by atoms with Crippen molar-refractivity contribution < 1.29 is 13.2 Å². The highest BCUT2D eigenvalue weighted by Crippen LogP contribution is 2.31. The molecule has 7 heteroatoms. The van der Waals surface area contributed by atoms with Crippen LogP contribution in [0, 0.1) is 0 Å². The average Bonchev–Trinajstić information content (AvgIpc) is 3.37. The Morgan fingerprint density at radius 3 is 2.66 bits per heavy atom. The number of fused-ring (bicyclic) bond motifs is 1. The Morgan fingerprint density at radius 2 is 1.90 bits per heavy atom. The fourth-order valence-electron chi connectivity index (χ4n) is 4.21. The second-order valence-electron chi connectivity index (χ2n) is 7.74. The number of rotatable bonds is 5. The monoisotopic (exact) mass is 413 g/mol. The maximum Gasteiger partial charge on any atom is 0.322 e. The van der Waals surface area contributed by atoms with E-state index in [9.17, 15) is 13.2 Å². The smallest absolute Gasteiger partial charge is 0.322 e. The van der Waals surface area contributed by atoms with Crippen LogP contribution in [0.1, 0.15) is 43.7 Å². The lowest BCUT2D eigenvalue weighted by atomic mass is 10.1. The molecule has 154 valence electrons. The van der Waals surface area contributed by atoms with Crippen molar-refractivity contribution in [2.45, 2.75) is 56.4 Å². The summed E-state index contributed by atoms with van der Waals surface area (Å²) in [4.78, 5) is 14.6. The average molecular weight is 414 g/mol. The van der Waals surface area contributed by atoms with Gasteiger partial charge in [-0.3, -0.25) is 9.62 Å². The molecule has 2 amide bonds. The van der Waals surface area contributed by atoms with Crippen LogP contribution in [0.25, 0.3) is 0 Å². The number of hydrogen-bond donors (Lipinski definition) is 2. The van der Waals surface area contributed by atoms with Gasteiger partial charge in [-0.25, -0.2) is 13.2 Å². The first-order chi connectivity index (χ1) is 14.0. The second kappa shape index (κ2) is 8.06. The molecule has 0 spiro atoms. The van der Waals surface area contributed by atoms with Crippen LogP contribution in [0.3, 0.4) is 0 Å². The molecule has 29 heavy (non-hydrogen) atoms. The molecule has 6 nitrogen and oxygen atoms in total. The molecule has 2 aromatic rings. The normalized spacial score (nSPS) is 16.7. The van der Waals surface area contributed by atoms with Crippen LogP contribution in [0.4, 0.5) is 16.2 Å². The number of nitrogens with zero attached hydrogens (tertiary/aromatic N) is 1. The first-order valence-electron chi connectivity index (χ1n) is 10.3. The van der Waals surface area contributed by atoms with Crippen molar-refractivity contribution in [2.75, 3.05) is 16.2 Å². The van der Waals surface area contributed by atoms with Gasteiger partial charge in [0.2, 0.25) is 0 Å². The third-order valence-corrected chi connectivity index (χ3v) is 7.19. The van der Waals surface area contributed by atoms with Crippen molar-refractivity contribution in [3.05, 3.63) is 53.6 Å². The Hall–Kier alpha value is -2.54. The molecule has 2 aromatic carbocycles. The summed E-state index contributed by atoms with van der Waals surface area (Å²) in [5.74, 6) is 0. The van der Waals surface area contributed by atoms with Gasteiger partial charge in [0, 0.05) is 18.3 Å². The first kappa shape index (κ1) is 19.8. The molecule has 2 N–H and O–H groups in total. The van der Waals surface area contributed by atoms with E-state index in [-0.39, 0.29) is 17.0 Å². The lowest BCUT2D eigenvalue weighted by Crippen LogP contribution is -2.43. The zero-order valence-electron chi connectivity index (χ0n) is 16.6. The van der Waals surface area contributed by atoms with E-state index in [0.29, 0.717) is 18.7 Å². The van der Waals surface area contributed by atoms with E-state index < -0.39 is 10.0 Å². The minimum absolute atomic E-state index is 0.0822. The Kier molecular flexibility index (Phi) is 5.50. The quantitative estimate of drug-likeness (QED) is 0.776. The highest BCUT2D eigenvalue weighted by atomic mass is 32.2. The molecule has 1 aliphatic carbocycles. The summed E-state index contributed by atoms with van der Waals surface area (Å²) in [5.41, 5.74) is 3.24. The van der Waals surface area contributed by atoms with Crippen LogP contribution >= 0.6 is 0 Å². The molecule has 0 unspecified atom stereocenters. The highest BCUT2D eigenvalue weighted by molar-refractivity contribution is 7.92. The number of para-hydroxylation sites is 1. The van der Waals surface area contributed by atoms with E-state index in [1.807, 2.05) is 25.1 Å². The van der Waals surface area contributed by atoms with Crippen molar-refractivity contribution >= 4 is 27.4 Å². The van der Waals surface area contributed by atoms with E-state index in [1.54, 1.807) is 29.2 Å². The number of sulfonamides is 1. The van der Waals surface area contributed by atoms with Gasteiger partial charge in [-0.15, -0.1) is 0 Å². The van der Waals surface area contributed by atoms with Crippen LogP contribution in [0.5, 0.6) is 0 Å². The fraction of sp³-hybridized carbons (Fsp3) is 0.409. The number of urea groups is 1. The molecule has 2 aliphatic rings. The van der Waals surface area contributed by atoms with Gasteiger partial charge in [-0.2, -0.15) is 0 Å². The van der Waals surface area contributed by atoms with Gasteiger partial charge < -0.3 is 5.32 Å². The molecular formula is C22H27N3O3S. The van der Waals surface area contributed by atoms with Crippen molar-refractivity contribution in [1.82, 2.24) is 5.32 Å². The standard InChI is InChI=1S/C22H27N3O3S/c1-2-16-7-3-6-10-20(16)24-29(27,28)19-11-12-21-17(15-19)13-14-25(21)22(26)23-18-8-4-5-9-18/h3,6-7,10-12,15,18,24H,2,4-5,8-9,13-14H2,1H3,(H,23,26). The second-order valence-corrected chi connectivity index (χ2v) is 9.42. The molecule has 0 radical (unpaired) electrons. The molecule has 1 aliphatic heterocycles. The van der Waals surface area contributed by atoms with Crippen molar-refractivity contribution in [1.29, 1.82) is 0 Å². The number of anilines is 2. The SMILES string of the molecule is CCc1ccccc1NS(=O)(=O)c1ccc2c(c1)CCN2C(=O)NC1CCCC1. The third-order valence-electron chi connectivity index (χ3n) is 5.83. The minimum atomic E-state index is -3.69. The summed E-state index contributed by atoms with van der Waals surface area (Å²) in [6, 6.07) is 12.6. The van der Waals surface area contributed by atoms with Crippen molar-refractivity contribution in [3.63, 3.8) is 0 Å². The summed E-state index contributed by atoms with van der Waals surface area (Å²) in [6.45, 7) is 2.57. The summed E-state index contributed by atoms with van der Waals surface area (Å²) in [6.07, 6.45) is 5.80. The predicted molar refractivity (Wildman–Crippen MR) is 115 cm³/mol. The predicted octanol–water partition coefficient (Wildman–Crippen LogP) is 4.06. The molecule has 0 aromatic heterocycles. The van der Waals surface area contributed by atoms with Crippen LogP contribution < -0.4 is 14.9 Å². The van der Waals surface area contributed by atoms with Gasteiger partial charge in [-0.1, -0.05) is 38.0 Å². The molecule has 0 saturated heterocycles. The Bertz CT molecular complexity index is 1010. The van der Waals surface area contributed by atoms with Crippen molar-refractivity contribution in [2.24, 2.45) is 0 Å². The van der Waals surface area contributed by atoms with E-state index in [2.05, 4.69) is 10.0 Å². The highest BCUT2D eigenvalue weighted by Gasteiger charge is 2.28. The number of amides is 2. The van der Waals surface area contributed by atoms with Crippen molar-refractivity contribution in [3.8, 4) is 0 Å². The first-order valence-corrected chi connectivity index (χ1v) is 11.8. The number of benzene rings is 2. The lowest BCUT2D eigenvalue weighted by Gasteiger charge is -2.21. The molecule has 0 atom stereocenters. The van der Waals surface area contributed by atoms with Crippen LogP contribution in [-0.2, 0) is 22.9 Å². The Balaban J connectivity index is 1.53. The van der Waals surface area contributed by atoms with Crippen LogP contribution in [-0.4, -0.2) is 27.0 Å². The van der Waals surface area contributed by atoms with Crippen LogP contribution in [0.15, 0.2) is 47.4 Å². The number of carbonyl (C=O) groups excluding carboxylic acids is 1. The van der Waals surface area contributed by atoms with E-state index in [1.165, 1.54) is 0 Å². The maximum absolute atomic E-state index is 12.9. The number of aryl methyl sites for hydroxylation is 1. The third kappa shape index (κ3) is 4.10. The van der Waals surface area contributed by atoms with Gasteiger partial charge in [-0.05, 0) is 61.1 Å². The van der Waals surface area contributed by atoms with Gasteiger partial charge in [0.25, 0.3) is 10.0 Å². The Labute approximate surface area is 172 Å². The summed E-state index contributed by atoms with van der Waals surface area (Å²) in [5, 5.41) is 3.11. The number of carbonyl (C=O) groups is 1. The molecule has 1 saturated carbocycles. The maximum atomic E-state index is 12.9. The zero-order chi connectivity index (χ0) is 20.4. The van der Waals surface area contributed by atoms with Gasteiger partial charge >= 0.3 is 6.03 Å². The topological polar surface area (TPSA) is 78.5 Å². The molecule has 0 bridgehead atoms. The van der Waals surface area contributed by atoms with Crippen LogP contribution in [0.2, 0.25) is 0 Å². The summed E-state index contributed by atoms with van der Waals surface area (Å²) in [7, 11) is -3.69. The lowest BCUT2D eigenvalue weighted by molar-refractivity contribution is 0.243. The summed E-state index contributed by atoms with van der Waals surface area (Å²) >= 11 is 0. The number of nitrogens with one attached hydrogen (secondary N) is 2. The van der Waals surface area contributed by atoms with Gasteiger partial charge in [0.1, 0.15) is 0 Å². The van der Waals surface area contributed by atoms with Gasteiger partial charge in [0.15, 0.2) is 0 Å². The number of hydrogen-bond acceptors (Lipinski definition) is 3. The zero-order valence-corrected chi connectivity index (χ0v) is 17.5. The van der Waals surface area contributed by atoms with E-state index >= 15 is 0 Å². The van der Waals surface area contributed by atoms with E-state index in [4.69, 9.17) is 0 Å². The van der Waals surface area contributed by atoms with Gasteiger partial charge in [0.05, 0.1) is 10.6 Å². The Morgan fingerprint density at radius 1 is 1.14 bits per heavy atom. The molecular weight excluding hydrogens is 386 g/mol. The molecule has 1 heterocycles. The van der Waals surface area contributed by atoms with E-state index in [0.717, 1.165) is 48.9 Å².